The number of piperidine rings is 1. The Morgan fingerprint density at radius 2 is 1.77 bits per heavy atom. The van der Waals surface area contributed by atoms with Crippen LogP contribution in [0.2, 0.25) is 0 Å². The van der Waals surface area contributed by atoms with Gasteiger partial charge in [0.25, 0.3) is 5.91 Å². The highest BCUT2D eigenvalue weighted by molar-refractivity contribution is 7.91. The maximum Gasteiger partial charge on any atom is 0.408 e. The average Bonchev–Trinajstić information content (AvgIpc) is 4.20. The number of aromatic nitrogens is 1. The number of amides is 4. The smallest absolute Gasteiger partial charge is 0.408 e. The van der Waals surface area contributed by atoms with Crippen molar-refractivity contribution in [1.29, 1.82) is 0 Å². The highest BCUT2D eigenvalue weighted by Gasteiger charge is 2.63. The van der Waals surface area contributed by atoms with Gasteiger partial charge in [-0.3, -0.25) is 24.0 Å². The van der Waals surface area contributed by atoms with Crippen LogP contribution in [0.15, 0.2) is 36.9 Å². The Morgan fingerprint density at radius 3 is 2.44 bits per heavy atom. The monoisotopic (exact) mass is 902 g/mol. The molecule has 1 unspecified atom stereocenters. The molecule has 5 heterocycles. The maximum atomic E-state index is 14.9. The summed E-state index contributed by atoms with van der Waals surface area (Å²) in [6.45, 7) is 14.2. The Morgan fingerprint density at radius 1 is 1.03 bits per heavy atom. The fourth-order valence-corrected chi connectivity index (χ4v) is 12.3. The second-order valence-electron chi connectivity index (χ2n) is 21.0. The van der Waals surface area contributed by atoms with Crippen LogP contribution in [0.25, 0.3) is 10.9 Å². The lowest BCUT2D eigenvalue weighted by atomic mass is 9.85. The Balaban J connectivity index is 1.06. The largest absolute Gasteiger partial charge is 0.489 e. The number of hydrogen-bond acceptors (Lipinski definition) is 11. The summed E-state index contributed by atoms with van der Waals surface area (Å²) in [5.74, 6) is -1.08. The van der Waals surface area contributed by atoms with E-state index >= 15 is 0 Å². The van der Waals surface area contributed by atoms with Crippen molar-refractivity contribution >= 4 is 44.7 Å². The summed E-state index contributed by atoms with van der Waals surface area (Å²) in [7, 11) is -4.01. The molecule has 1 aromatic heterocycles. The standard InChI is InChI=1S/C48H66N6O9S/c1-7-29-26-48(29,44(57)52-64(59,60)47(6)20-21-47)51-41(55)37-25-33-27-54(37)43(56)40(46(3,4)5)50-45(58)63-38-22-28(38)14-10-9-11-16-35-39(34-15-12-13-17-36(34)49-42(35)62-33)61-32-23-30-18-19-31(24-32)53(30)8-2/h7,12-13,15,17,28-33,37-38,40H,1,8-11,14,16,18-27H2,2-6H3,(H,50,58)(H,51,55)(H,52,57)/t28-,29-,30-,31+,32?,33-,37+,38-,40-,48-/m1/s1. The first-order valence-electron chi connectivity index (χ1n) is 23.7. The predicted octanol–water partition coefficient (Wildman–Crippen LogP) is 5.68. The normalized spacial score (nSPS) is 33.8. The van der Waals surface area contributed by atoms with E-state index < -0.39 is 73.6 Å². The van der Waals surface area contributed by atoms with Crippen molar-refractivity contribution in [2.75, 3.05) is 13.1 Å². The number of pyridine rings is 1. The number of benzene rings is 1. The third kappa shape index (κ3) is 8.57. The molecule has 6 fully saturated rings. The molecule has 0 radical (unpaired) electrons. The first kappa shape index (κ1) is 44.7. The van der Waals surface area contributed by atoms with Crippen LogP contribution in [0, 0.1) is 17.3 Å². The molecular formula is C48H66N6O9S. The van der Waals surface area contributed by atoms with Crippen LogP contribution in [0.3, 0.4) is 0 Å². The van der Waals surface area contributed by atoms with Gasteiger partial charge in [0.2, 0.25) is 27.7 Å². The van der Waals surface area contributed by atoms with Crippen LogP contribution in [0.5, 0.6) is 11.6 Å². The Bertz CT molecular complexity index is 2300. The van der Waals surface area contributed by atoms with E-state index in [2.05, 4.69) is 39.8 Å². The number of hydrogen-bond donors (Lipinski definition) is 3. The van der Waals surface area contributed by atoms with Gasteiger partial charge in [-0.05, 0) is 108 Å². The summed E-state index contributed by atoms with van der Waals surface area (Å²) in [6.07, 6.45) is 10.3. The van der Waals surface area contributed by atoms with Gasteiger partial charge < -0.3 is 29.7 Å². The lowest BCUT2D eigenvalue weighted by molar-refractivity contribution is -0.142. The minimum absolute atomic E-state index is 0.0231. The highest BCUT2D eigenvalue weighted by Crippen LogP contribution is 2.48. The maximum absolute atomic E-state index is 14.9. The number of nitrogens with zero attached hydrogens (tertiary/aromatic N) is 3. The third-order valence-corrected chi connectivity index (χ3v) is 17.6. The summed E-state index contributed by atoms with van der Waals surface area (Å²) in [4.78, 5) is 66.1. The van der Waals surface area contributed by atoms with Gasteiger partial charge in [-0.2, -0.15) is 0 Å². The number of carbonyl (C=O) groups is 4. The van der Waals surface area contributed by atoms with E-state index in [-0.39, 0.29) is 37.5 Å². The summed E-state index contributed by atoms with van der Waals surface area (Å²) in [5, 5.41) is 6.66. The summed E-state index contributed by atoms with van der Waals surface area (Å²) in [5.41, 5.74) is -0.786. The van der Waals surface area contributed by atoms with Crippen LogP contribution in [0.4, 0.5) is 4.79 Å². The van der Waals surface area contributed by atoms with E-state index in [4.69, 9.17) is 19.2 Å². The van der Waals surface area contributed by atoms with Crippen LogP contribution in [-0.4, -0.2) is 113 Å². The Labute approximate surface area is 377 Å². The SMILES string of the molecule is C=C[C@@H]1C[C@]1(NC(=O)[C@@H]1C[C@@H]2CN1C(=O)[C@H](C(C)(C)C)NC(=O)O[C@@H]1C[C@H]1CCCCCc1c(nc3ccccc3c1OC1C[C@H]3CC[C@@H](C1)N3CC)O2)C(=O)NS(=O)(=O)C1(C)CC1. The quantitative estimate of drug-likeness (QED) is 0.263. The molecule has 3 saturated carbocycles. The van der Waals surface area contributed by atoms with E-state index in [9.17, 15) is 27.6 Å². The zero-order chi connectivity index (χ0) is 45.3. The molecule has 64 heavy (non-hydrogen) atoms. The number of ether oxygens (including phenoxy) is 3. The summed E-state index contributed by atoms with van der Waals surface area (Å²) < 4.78 is 47.6. The Kier molecular flexibility index (Phi) is 11.7. The summed E-state index contributed by atoms with van der Waals surface area (Å²) >= 11 is 0. The van der Waals surface area contributed by atoms with Crippen molar-refractivity contribution in [2.24, 2.45) is 17.3 Å². The van der Waals surface area contributed by atoms with Crippen molar-refractivity contribution in [1.82, 2.24) is 30.1 Å². The van der Waals surface area contributed by atoms with Crippen LogP contribution in [-0.2, 0) is 35.6 Å². The number of rotatable bonds is 9. The highest BCUT2D eigenvalue weighted by atomic mass is 32.2. The van der Waals surface area contributed by atoms with Crippen LogP contribution < -0.4 is 24.8 Å². The molecule has 0 spiro atoms. The van der Waals surface area contributed by atoms with Gasteiger partial charge in [0.15, 0.2) is 0 Å². The molecule has 4 amide bonds. The van der Waals surface area contributed by atoms with Gasteiger partial charge >= 0.3 is 6.09 Å². The molecule has 1 aromatic carbocycles. The van der Waals surface area contributed by atoms with E-state index in [1.165, 1.54) is 23.8 Å². The van der Waals surface area contributed by atoms with Crippen LogP contribution in [0.1, 0.15) is 124 Å². The molecular weight excluding hydrogens is 837 g/mol. The zero-order valence-electron chi connectivity index (χ0n) is 38.0. The summed E-state index contributed by atoms with van der Waals surface area (Å²) in [6, 6.07) is 6.69. The van der Waals surface area contributed by atoms with Crippen molar-refractivity contribution in [3.8, 4) is 11.6 Å². The lowest BCUT2D eigenvalue weighted by Gasteiger charge is -2.38. The van der Waals surface area contributed by atoms with Crippen molar-refractivity contribution in [2.45, 2.75) is 177 Å². The molecule has 2 aromatic rings. The molecule has 4 bridgehead atoms. The average molecular weight is 903 g/mol. The number of carbonyl (C=O) groups excluding carboxylic acids is 4. The van der Waals surface area contributed by atoms with Gasteiger partial charge in [-0.25, -0.2) is 18.2 Å². The number of sulfonamides is 1. The first-order chi connectivity index (χ1) is 30.4. The number of nitrogens with one attached hydrogen (secondary N) is 3. The fraction of sp³-hybridized carbons (Fsp3) is 0.688. The molecule has 7 aliphatic rings. The Hall–Kier alpha value is -4.44. The second-order valence-corrected chi connectivity index (χ2v) is 23.2. The number of fused-ring (bicyclic) bond motifs is 7. The van der Waals surface area contributed by atoms with Crippen molar-refractivity contribution in [3.63, 3.8) is 0 Å². The molecule has 3 N–H and O–H groups in total. The van der Waals surface area contributed by atoms with Gasteiger partial charge in [-0.15, -0.1) is 6.58 Å². The minimum Gasteiger partial charge on any atom is -0.489 e. The molecule has 3 saturated heterocycles. The van der Waals surface area contributed by atoms with Crippen LogP contribution >= 0.6 is 0 Å². The van der Waals surface area contributed by atoms with E-state index in [0.717, 1.165) is 73.7 Å². The van der Waals surface area contributed by atoms with Gasteiger partial charge in [0, 0.05) is 29.8 Å². The topological polar surface area (TPSA) is 186 Å². The molecule has 348 valence electrons. The van der Waals surface area contributed by atoms with Gasteiger partial charge in [0.1, 0.15) is 41.7 Å². The second kappa shape index (κ2) is 16.8. The van der Waals surface area contributed by atoms with Crippen molar-refractivity contribution < 1.29 is 41.8 Å². The fourth-order valence-electron chi connectivity index (χ4n) is 11.0. The molecule has 10 atom stereocenters. The minimum atomic E-state index is -4.01. The van der Waals surface area contributed by atoms with E-state index in [0.29, 0.717) is 37.2 Å². The zero-order valence-corrected chi connectivity index (χ0v) is 38.8. The van der Waals surface area contributed by atoms with Gasteiger partial charge in [0.05, 0.1) is 22.4 Å². The first-order valence-corrected chi connectivity index (χ1v) is 25.2. The third-order valence-electron chi connectivity index (χ3n) is 15.4. The number of para-hydroxylation sites is 1. The van der Waals surface area contributed by atoms with E-state index in [1.54, 1.807) is 6.92 Å². The molecule has 3 aliphatic carbocycles. The predicted molar refractivity (Wildman–Crippen MR) is 240 cm³/mol. The molecule has 4 aliphatic heterocycles. The molecule has 16 heteroatoms. The van der Waals surface area contributed by atoms with E-state index in [1.807, 2.05) is 39.0 Å². The van der Waals surface area contributed by atoms with Gasteiger partial charge in [-0.1, -0.05) is 58.7 Å². The van der Waals surface area contributed by atoms with Crippen molar-refractivity contribution in [3.05, 3.63) is 42.5 Å². The molecule has 15 nitrogen and oxygen atoms in total. The number of alkyl carbamates (subject to hydrolysis) is 1. The molecule has 9 rings (SSSR count). The lowest BCUT2D eigenvalue weighted by Crippen LogP contribution is -2.60.